The summed E-state index contributed by atoms with van der Waals surface area (Å²) >= 11 is 0. The zero-order valence-electron chi connectivity index (χ0n) is 12.8. The van der Waals surface area contributed by atoms with Crippen LogP contribution >= 0.6 is 0 Å². The van der Waals surface area contributed by atoms with Gasteiger partial charge >= 0.3 is 0 Å². The lowest BCUT2D eigenvalue weighted by atomic mass is 9.99. The molecule has 0 radical (unpaired) electrons. The van der Waals surface area contributed by atoms with Crippen LogP contribution in [0.4, 0.5) is 0 Å². The Labute approximate surface area is 121 Å². The van der Waals surface area contributed by atoms with E-state index in [2.05, 4.69) is 31.1 Å². The summed E-state index contributed by atoms with van der Waals surface area (Å²) in [4.78, 5) is 9.23. The van der Waals surface area contributed by atoms with E-state index in [0.29, 0.717) is 12.0 Å². The maximum atomic E-state index is 4.73. The lowest BCUT2D eigenvalue weighted by Gasteiger charge is -2.20. The standard InChI is InChI=1S/C17H25N3/c1-4-9-18-14(10-13(2)3)11-15-12-19-16-7-5-6-8-17(16)20-15/h5-8,12-14,18H,4,9-11H2,1-3H3. The number of fused-ring (bicyclic) bond motifs is 1. The average Bonchev–Trinajstić information content (AvgIpc) is 2.44. The highest BCUT2D eigenvalue weighted by Gasteiger charge is 2.12. The molecular formula is C17H25N3. The van der Waals surface area contributed by atoms with Crippen LogP contribution in [0.25, 0.3) is 11.0 Å². The molecule has 1 aromatic carbocycles. The van der Waals surface area contributed by atoms with Crippen LogP contribution in [0.2, 0.25) is 0 Å². The summed E-state index contributed by atoms with van der Waals surface area (Å²) in [5.41, 5.74) is 3.04. The first-order chi connectivity index (χ1) is 9.69. The molecule has 0 amide bonds. The molecule has 0 saturated carbocycles. The van der Waals surface area contributed by atoms with E-state index in [0.717, 1.165) is 36.1 Å². The van der Waals surface area contributed by atoms with E-state index in [-0.39, 0.29) is 0 Å². The van der Waals surface area contributed by atoms with Gasteiger partial charge in [-0.05, 0) is 37.4 Å². The highest BCUT2D eigenvalue weighted by atomic mass is 14.9. The quantitative estimate of drug-likeness (QED) is 0.836. The molecule has 0 aliphatic carbocycles. The minimum Gasteiger partial charge on any atom is -0.314 e. The fraction of sp³-hybridized carbons (Fsp3) is 0.529. The summed E-state index contributed by atoms with van der Waals surface area (Å²) < 4.78 is 0. The highest BCUT2D eigenvalue weighted by Crippen LogP contribution is 2.13. The van der Waals surface area contributed by atoms with Crippen molar-refractivity contribution in [2.45, 2.75) is 46.1 Å². The SMILES string of the molecule is CCCNC(Cc1cnc2ccccc2n1)CC(C)C. The molecule has 2 rings (SSSR count). The summed E-state index contributed by atoms with van der Waals surface area (Å²) in [7, 11) is 0. The van der Waals surface area contributed by atoms with E-state index in [1.807, 2.05) is 30.5 Å². The largest absolute Gasteiger partial charge is 0.314 e. The Morgan fingerprint density at radius 2 is 1.90 bits per heavy atom. The average molecular weight is 271 g/mol. The summed E-state index contributed by atoms with van der Waals surface area (Å²) in [6, 6.07) is 8.55. The van der Waals surface area contributed by atoms with Gasteiger partial charge in [-0.2, -0.15) is 0 Å². The summed E-state index contributed by atoms with van der Waals surface area (Å²) in [6.07, 6.45) is 5.21. The molecule has 108 valence electrons. The normalized spacial score (nSPS) is 13.0. The van der Waals surface area contributed by atoms with E-state index in [1.165, 1.54) is 6.42 Å². The predicted octanol–water partition coefficient (Wildman–Crippen LogP) is 3.59. The number of para-hydroxylation sites is 2. The summed E-state index contributed by atoms with van der Waals surface area (Å²) in [5, 5.41) is 3.63. The van der Waals surface area contributed by atoms with Gasteiger partial charge in [-0.1, -0.05) is 32.9 Å². The van der Waals surface area contributed by atoms with Crippen molar-refractivity contribution in [1.29, 1.82) is 0 Å². The van der Waals surface area contributed by atoms with Gasteiger partial charge in [0.2, 0.25) is 0 Å². The Morgan fingerprint density at radius 1 is 1.15 bits per heavy atom. The number of aromatic nitrogens is 2. The van der Waals surface area contributed by atoms with E-state index in [9.17, 15) is 0 Å². The molecule has 1 atom stereocenters. The molecule has 3 nitrogen and oxygen atoms in total. The van der Waals surface area contributed by atoms with Crippen LogP contribution in [-0.2, 0) is 6.42 Å². The molecule has 20 heavy (non-hydrogen) atoms. The van der Waals surface area contributed by atoms with Crippen LogP contribution in [0, 0.1) is 5.92 Å². The molecule has 0 bridgehead atoms. The van der Waals surface area contributed by atoms with E-state index < -0.39 is 0 Å². The van der Waals surface area contributed by atoms with Crippen LogP contribution in [0.5, 0.6) is 0 Å². The molecular weight excluding hydrogens is 246 g/mol. The molecule has 0 aliphatic heterocycles. The number of benzene rings is 1. The minimum atomic E-state index is 0.491. The van der Waals surface area contributed by atoms with Crippen molar-refractivity contribution >= 4 is 11.0 Å². The maximum Gasteiger partial charge on any atom is 0.0890 e. The fourth-order valence-corrected chi connectivity index (χ4v) is 2.50. The molecule has 2 aromatic rings. The minimum absolute atomic E-state index is 0.491. The van der Waals surface area contributed by atoms with E-state index in [4.69, 9.17) is 4.98 Å². The number of hydrogen-bond acceptors (Lipinski definition) is 3. The molecule has 0 aliphatic rings. The maximum absolute atomic E-state index is 4.73. The number of nitrogens with one attached hydrogen (secondary N) is 1. The smallest absolute Gasteiger partial charge is 0.0890 e. The van der Waals surface area contributed by atoms with Gasteiger partial charge in [-0.3, -0.25) is 4.98 Å². The monoisotopic (exact) mass is 271 g/mol. The number of hydrogen-bond donors (Lipinski definition) is 1. The molecule has 0 fully saturated rings. The molecule has 0 saturated heterocycles. The number of rotatable bonds is 7. The first-order valence-corrected chi connectivity index (χ1v) is 7.63. The topological polar surface area (TPSA) is 37.8 Å². The van der Waals surface area contributed by atoms with Gasteiger partial charge in [-0.25, -0.2) is 4.98 Å². The van der Waals surface area contributed by atoms with Crippen molar-refractivity contribution in [3.63, 3.8) is 0 Å². The van der Waals surface area contributed by atoms with Gasteiger partial charge in [0.05, 0.1) is 16.7 Å². The van der Waals surface area contributed by atoms with Gasteiger partial charge in [0, 0.05) is 18.7 Å². The van der Waals surface area contributed by atoms with E-state index in [1.54, 1.807) is 0 Å². The van der Waals surface area contributed by atoms with Gasteiger partial charge in [-0.15, -0.1) is 0 Å². The first-order valence-electron chi connectivity index (χ1n) is 7.63. The van der Waals surface area contributed by atoms with Gasteiger partial charge in [0.15, 0.2) is 0 Å². The predicted molar refractivity (Wildman–Crippen MR) is 84.8 cm³/mol. The van der Waals surface area contributed by atoms with Gasteiger partial charge in [0.25, 0.3) is 0 Å². The third-order valence-electron chi connectivity index (χ3n) is 3.39. The lowest BCUT2D eigenvalue weighted by Crippen LogP contribution is -2.33. The third-order valence-corrected chi connectivity index (χ3v) is 3.39. The lowest BCUT2D eigenvalue weighted by molar-refractivity contribution is 0.414. The van der Waals surface area contributed by atoms with Gasteiger partial charge in [0.1, 0.15) is 0 Å². The van der Waals surface area contributed by atoms with Crippen LogP contribution in [0.3, 0.4) is 0 Å². The second-order valence-corrected chi connectivity index (χ2v) is 5.83. The van der Waals surface area contributed by atoms with Crippen LogP contribution < -0.4 is 5.32 Å². The molecule has 0 spiro atoms. The summed E-state index contributed by atoms with van der Waals surface area (Å²) in [6.45, 7) is 7.81. The number of nitrogens with zero attached hydrogens (tertiary/aromatic N) is 2. The Kier molecular flexibility index (Phi) is 5.48. The van der Waals surface area contributed by atoms with E-state index >= 15 is 0 Å². The summed E-state index contributed by atoms with van der Waals surface area (Å²) in [5.74, 6) is 0.692. The van der Waals surface area contributed by atoms with Crippen molar-refractivity contribution in [3.8, 4) is 0 Å². The first kappa shape index (κ1) is 14.9. The van der Waals surface area contributed by atoms with Crippen molar-refractivity contribution < 1.29 is 0 Å². The van der Waals surface area contributed by atoms with Crippen LogP contribution in [0.1, 0.15) is 39.3 Å². The third kappa shape index (κ3) is 4.27. The Hall–Kier alpha value is -1.48. The van der Waals surface area contributed by atoms with Gasteiger partial charge < -0.3 is 5.32 Å². The van der Waals surface area contributed by atoms with Crippen molar-refractivity contribution in [1.82, 2.24) is 15.3 Å². The second-order valence-electron chi connectivity index (χ2n) is 5.83. The van der Waals surface area contributed by atoms with Crippen molar-refractivity contribution in [2.24, 2.45) is 5.92 Å². The van der Waals surface area contributed by atoms with Crippen LogP contribution in [0.15, 0.2) is 30.5 Å². The molecule has 1 unspecified atom stereocenters. The zero-order chi connectivity index (χ0) is 14.4. The zero-order valence-corrected chi connectivity index (χ0v) is 12.8. The highest BCUT2D eigenvalue weighted by molar-refractivity contribution is 5.73. The molecule has 1 heterocycles. The Bertz CT molecular complexity index is 537. The Morgan fingerprint density at radius 3 is 2.60 bits per heavy atom. The molecule has 3 heteroatoms. The Balaban J connectivity index is 2.10. The van der Waals surface area contributed by atoms with Crippen molar-refractivity contribution in [3.05, 3.63) is 36.2 Å². The van der Waals surface area contributed by atoms with Crippen LogP contribution in [-0.4, -0.2) is 22.6 Å². The molecule has 1 aromatic heterocycles. The second kappa shape index (κ2) is 7.34. The fourth-order valence-electron chi connectivity index (χ4n) is 2.50. The van der Waals surface area contributed by atoms with Crippen molar-refractivity contribution in [2.75, 3.05) is 6.54 Å². The molecule has 1 N–H and O–H groups in total.